The molecule has 3 nitrogen and oxygen atoms in total. The largest absolute Gasteiger partial charge is 0.378 e. The van der Waals surface area contributed by atoms with Crippen molar-refractivity contribution in [2.24, 2.45) is 0 Å². The molecule has 0 radical (unpaired) electrons. The van der Waals surface area contributed by atoms with Crippen LogP contribution in [0.5, 0.6) is 0 Å². The Morgan fingerprint density at radius 1 is 1.64 bits per heavy atom. The van der Waals surface area contributed by atoms with E-state index in [1.807, 2.05) is 0 Å². The summed E-state index contributed by atoms with van der Waals surface area (Å²) in [7, 11) is 1.76. The van der Waals surface area contributed by atoms with Crippen LogP contribution in [0.1, 0.15) is 13.3 Å². The van der Waals surface area contributed by atoms with Crippen molar-refractivity contribution in [3.8, 4) is 0 Å². The fourth-order valence-corrected chi connectivity index (χ4v) is 1.31. The maximum atomic E-state index is 5.41. The van der Waals surface area contributed by atoms with Gasteiger partial charge in [0.25, 0.3) is 0 Å². The van der Waals surface area contributed by atoms with Crippen LogP contribution in [0, 0.1) is 0 Å². The predicted molar refractivity (Wildman–Crippen MR) is 43.7 cm³/mol. The normalized spacial score (nSPS) is 31.1. The Kier molecular flexibility index (Phi) is 3.30. The molecule has 0 bridgehead atoms. The van der Waals surface area contributed by atoms with Gasteiger partial charge >= 0.3 is 0 Å². The first kappa shape index (κ1) is 8.97. The summed E-state index contributed by atoms with van der Waals surface area (Å²) in [4.78, 5) is 0. The zero-order valence-electron chi connectivity index (χ0n) is 7.35. The summed E-state index contributed by atoms with van der Waals surface area (Å²) in [5.74, 6) is 0. The van der Waals surface area contributed by atoms with Gasteiger partial charge in [0, 0.05) is 26.7 Å². The number of hydrogen-bond donors (Lipinski definition) is 1. The molecule has 1 unspecified atom stereocenters. The van der Waals surface area contributed by atoms with E-state index in [-0.39, 0.29) is 5.60 Å². The lowest BCUT2D eigenvalue weighted by Gasteiger charge is -2.25. The monoisotopic (exact) mass is 159 g/mol. The fourth-order valence-electron chi connectivity index (χ4n) is 1.31. The third kappa shape index (κ3) is 2.15. The van der Waals surface area contributed by atoms with Crippen LogP contribution < -0.4 is 5.32 Å². The summed E-state index contributed by atoms with van der Waals surface area (Å²) < 4.78 is 10.7. The van der Waals surface area contributed by atoms with Crippen LogP contribution in [0.4, 0.5) is 0 Å². The minimum absolute atomic E-state index is 0.0456. The van der Waals surface area contributed by atoms with Crippen molar-refractivity contribution >= 4 is 0 Å². The molecule has 1 N–H and O–H groups in total. The number of ether oxygens (including phenoxy) is 2. The molecule has 1 aliphatic rings. The highest BCUT2D eigenvalue weighted by Gasteiger charge is 2.34. The lowest BCUT2D eigenvalue weighted by Crippen LogP contribution is -2.42. The molecule has 0 amide bonds. The summed E-state index contributed by atoms with van der Waals surface area (Å²) in [6.45, 7) is 5.56. The second-order valence-corrected chi connectivity index (χ2v) is 2.97. The lowest BCUT2D eigenvalue weighted by molar-refractivity contribution is -0.0153. The fraction of sp³-hybridized carbons (Fsp3) is 1.00. The zero-order valence-corrected chi connectivity index (χ0v) is 7.35. The molecule has 0 spiro atoms. The smallest absolute Gasteiger partial charge is 0.106 e. The second-order valence-electron chi connectivity index (χ2n) is 2.97. The SMILES string of the molecule is CCNCC1(OC)CCOC1. The van der Waals surface area contributed by atoms with Gasteiger partial charge in [-0.15, -0.1) is 0 Å². The van der Waals surface area contributed by atoms with Crippen LogP contribution in [0.2, 0.25) is 0 Å². The van der Waals surface area contributed by atoms with Gasteiger partial charge in [-0.1, -0.05) is 6.92 Å². The second kappa shape index (κ2) is 4.04. The Morgan fingerprint density at radius 3 is 2.91 bits per heavy atom. The van der Waals surface area contributed by atoms with Crippen LogP contribution in [0.15, 0.2) is 0 Å². The minimum Gasteiger partial charge on any atom is -0.378 e. The molecule has 66 valence electrons. The van der Waals surface area contributed by atoms with Gasteiger partial charge in [-0.2, -0.15) is 0 Å². The predicted octanol–water partition coefficient (Wildman–Crippen LogP) is 0.401. The van der Waals surface area contributed by atoms with E-state index in [1.54, 1.807) is 7.11 Å². The molecule has 1 fully saturated rings. The molecule has 11 heavy (non-hydrogen) atoms. The number of hydrogen-bond acceptors (Lipinski definition) is 3. The van der Waals surface area contributed by atoms with E-state index >= 15 is 0 Å². The minimum atomic E-state index is -0.0456. The molecule has 0 aromatic rings. The number of methoxy groups -OCH3 is 1. The molecule has 1 rings (SSSR count). The molecular weight excluding hydrogens is 142 g/mol. The van der Waals surface area contributed by atoms with Crippen LogP contribution in [-0.2, 0) is 9.47 Å². The molecular formula is C8H17NO2. The van der Waals surface area contributed by atoms with Crippen molar-refractivity contribution in [1.82, 2.24) is 5.32 Å². The van der Waals surface area contributed by atoms with Gasteiger partial charge in [0.05, 0.1) is 6.61 Å². The molecule has 1 saturated heterocycles. The van der Waals surface area contributed by atoms with E-state index in [0.29, 0.717) is 0 Å². The third-order valence-electron chi connectivity index (χ3n) is 2.20. The molecule has 0 saturated carbocycles. The number of nitrogens with one attached hydrogen (secondary N) is 1. The highest BCUT2D eigenvalue weighted by molar-refractivity contribution is 4.86. The van der Waals surface area contributed by atoms with Crippen molar-refractivity contribution in [2.75, 3.05) is 33.4 Å². The average Bonchev–Trinajstić information content (AvgIpc) is 2.50. The van der Waals surface area contributed by atoms with Crippen LogP contribution in [0.25, 0.3) is 0 Å². The van der Waals surface area contributed by atoms with E-state index in [0.717, 1.165) is 32.7 Å². The van der Waals surface area contributed by atoms with Crippen LogP contribution >= 0.6 is 0 Å². The lowest BCUT2D eigenvalue weighted by atomic mass is 10.0. The Balaban J connectivity index is 2.33. The summed E-state index contributed by atoms with van der Waals surface area (Å²) in [5, 5.41) is 3.28. The van der Waals surface area contributed by atoms with Gasteiger partial charge in [-0.3, -0.25) is 0 Å². The standard InChI is InChI=1S/C8H17NO2/c1-3-9-6-8(10-2)4-5-11-7-8/h9H,3-7H2,1-2H3. The topological polar surface area (TPSA) is 30.5 Å². The molecule has 3 heteroatoms. The van der Waals surface area contributed by atoms with Crippen molar-refractivity contribution in [2.45, 2.75) is 18.9 Å². The van der Waals surface area contributed by atoms with Gasteiger partial charge in [0.1, 0.15) is 5.60 Å². The van der Waals surface area contributed by atoms with Gasteiger partial charge in [0.2, 0.25) is 0 Å². The highest BCUT2D eigenvalue weighted by atomic mass is 16.5. The van der Waals surface area contributed by atoms with E-state index in [1.165, 1.54) is 0 Å². The van der Waals surface area contributed by atoms with Gasteiger partial charge in [-0.05, 0) is 6.54 Å². The van der Waals surface area contributed by atoms with Crippen LogP contribution in [0.3, 0.4) is 0 Å². The summed E-state index contributed by atoms with van der Waals surface area (Å²) in [6.07, 6.45) is 1.01. The van der Waals surface area contributed by atoms with Gasteiger partial charge in [-0.25, -0.2) is 0 Å². The van der Waals surface area contributed by atoms with E-state index < -0.39 is 0 Å². The quantitative estimate of drug-likeness (QED) is 0.644. The Hall–Kier alpha value is -0.120. The molecule has 1 atom stereocenters. The van der Waals surface area contributed by atoms with Crippen LogP contribution in [-0.4, -0.2) is 39.0 Å². The Bertz CT molecular complexity index is 111. The molecule has 0 aromatic carbocycles. The zero-order chi connectivity index (χ0) is 8.16. The maximum Gasteiger partial charge on any atom is 0.106 e. The summed E-state index contributed by atoms with van der Waals surface area (Å²) in [5.41, 5.74) is -0.0456. The van der Waals surface area contributed by atoms with Gasteiger partial charge in [0.15, 0.2) is 0 Å². The van der Waals surface area contributed by atoms with E-state index in [4.69, 9.17) is 9.47 Å². The number of rotatable bonds is 4. The Morgan fingerprint density at radius 2 is 2.45 bits per heavy atom. The molecule has 0 aliphatic carbocycles. The van der Waals surface area contributed by atoms with Crippen molar-refractivity contribution in [3.63, 3.8) is 0 Å². The van der Waals surface area contributed by atoms with E-state index in [2.05, 4.69) is 12.2 Å². The third-order valence-corrected chi connectivity index (χ3v) is 2.20. The Labute approximate surface area is 68.1 Å². The first-order valence-corrected chi connectivity index (χ1v) is 4.16. The molecule has 0 aromatic heterocycles. The van der Waals surface area contributed by atoms with Crippen molar-refractivity contribution in [3.05, 3.63) is 0 Å². The average molecular weight is 159 g/mol. The molecule has 1 aliphatic heterocycles. The highest BCUT2D eigenvalue weighted by Crippen LogP contribution is 2.21. The van der Waals surface area contributed by atoms with Gasteiger partial charge < -0.3 is 14.8 Å². The van der Waals surface area contributed by atoms with E-state index in [9.17, 15) is 0 Å². The first-order chi connectivity index (χ1) is 5.33. The number of likely N-dealkylation sites (N-methyl/N-ethyl adjacent to an activating group) is 1. The summed E-state index contributed by atoms with van der Waals surface area (Å²) >= 11 is 0. The van der Waals surface area contributed by atoms with Crippen molar-refractivity contribution < 1.29 is 9.47 Å². The summed E-state index contributed by atoms with van der Waals surface area (Å²) in [6, 6.07) is 0. The maximum absolute atomic E-state index is 5.41. The first-order valence-electron chi connectivity index (χ1n) is 4.16. The van der Waals surface area contributed by atoms with Crippen molar-refractivity contribution in [1.29, 1.82) is 0 Å². The molecule has 1 heterocycles.